The second-order valence-corrected chi connectivity index (χ2v) is 8.38. The van der Waals surface area contributed by atoms with Gasteiger partial charge in [-0.1, -0.05) is 0 Å². The number of piperazine rings is 1. The standard InChI is InChI=1S/C19H36N4O/c1-20-7-3-17(4-8-20)15-19(24)23-9-5-18(6-10-23)16-22-13-11-21(2)12-14-22/h17-18H,3-16H2,1-2H3. The van der Waals surface area contributed by atoms with Crippen LogP contribution in [0.15, 0.2) is 0 Å². The summed E-state index contributed by atoms with van der Waals surface area (Å²) >= 11 is 0. The van der Waals surface area contributed by atoms with Crippen molar-refractivity contribution in [1.29, 1.82) is 0 Å². The minimum atomic E-state index is 0.419. The van der Waals surface area contributed by atoms with Crippen molar-refractivity contribution in [3.63, 3.8) is 0 Å². The molecule has 3 aliphatic heterocycles. The number of nitrogens with zero attached hydrogens (tertiary/aromatic N) is 4. The van der Waals surface area contributed by atoms with E-state index in [-0.39, 0.29) is 0 Å². The molecule has 0 bridgehead atoms. The summed E-state index contributed by atoms with van der Waals surface area (Å²) in [6, 6.07) is 0. The van der Waals surface area contributed by atoms with Gasteiger partial charge in [-0.25, -0.2) is 0 Å². The van der Waals surface area contributed by atoms with Gasteiger partial charge in [-0.15, -0.1) is 0 Å². The van der Waals surface area contributed by atoms with Crippen molar-refractivity contribution in [2.24, 2.45) is 11.8 Å². The maximum Gasteiger partial charge on any atom is 0.222 e. The zero-order valence-electron chi connectivity index (χ0n) is 15.8. The van der Waals surface area contributed by atoms with Crippen LogP contribution in [0.3, 0.4) is 0 Å². The van der Waals surface area contributed by atoms with Crippen molar-refractivity contribution in [2.75, 3.05) is 73.0 Å². The molecule has 3 aliphatic rings. The van der Waals surface area contributed by atoms with Gasteiger partial charge in [0.15, 0.2) is 0 Å². The Bertz CT molecular complexity index is 392. The predicted molar refractivity (Wildman–Crippen MR) is 98.1 cm³/mol. The van der Waals surface area contributed by atoms with Gasteiger partial charge in [-0.2, -0.15) is 0 Å². The van der Waals surface area contributed by atoms with Gasteiger partial charge in [0.1, 0.15) is 0 Å². The molecule has 0 N–H and O–H groups in total. The fourth-order valence-electron chi connectivity index (χ4n) is 4.40. The molecule has 3 fully saturated rings. The Morgan fingerprint density at radius 3 is 1.92 bits per heavy atom. The van der Waals surface area contributed by atoms with Gasteiger partial charge in [0.25, 0.3) is 0 Å². The van der Waals surface area contributed by atoms with E-state index in [1.165, 1.54) is 58.4 Å². The summed E-state index contributed by atoms with van der Waals surface area (Å²) in [6.07, 6.45) is 5.58. The lowest BCUT2D eigenvalue weighted by atomic mass is 9.91. The number of carbonyl (C=O) groups is 1. The van der Waals surface area contributed by atoms with Crippen molar-refractivity contribution in [3.8, 4) is 0 Å². The molecule has 0 saturated carbocycles. The first-order valence-electron chi connectivity index (χ1n) is 9.97. The Morgan fingerprint density at radius 1 is 0.750 bits per heavy atom. The molecule has 5 nitrogen and oxygen atoms in total. The maximum atomic E-state index is 12.6. The summed E-state index contributed by atoms with van der Waals surface area (Å²) in [5.74, 6) is 1.83. The number of amides is 1. The van der Waals surface area contributed by atoms with E-state index in [0.29, 0.717) is 11.8 Å². The molecule has 0 atom stereocenters. The minimum absolute atomic E-state index is 0.419. The third-order valence-electron chi connectivity index (χ3n) is 6.38. The molecule has 0 aromatic carbocycles. The van der Waals surface area contributed by atoms with E-state index in [0.717, 1.165) is 38.5 Å². The highest BCUT2D eigenvalue weighted by Crippen LogP contribution is 2.24. The topological polar surface area (TPSA) is 30.0 Å². The van der Waals surface area contributed by atoms with Crippen LogP contribution in [0.4, 0.5) is 0 Å². The third kappa shape index (κ3) is 5.17. The van der Waals surface area contributed by atoms with Crippen LogP contribution in [0.1, 0.15) is 32.1 Å². The molecule has 0 aliphatic carbocycles. The monoisotopic (exact) mass is 336 g/mol. The van der Waals surface area contributed by atoms with E-state index >= 15 is 0 Å². The average molecular weight is 337 g/mol. The quantitative estimate of drug-likeness (QED) is 0.772. The maximum absolute atomic E-state index is 12.6. The first-order valence-corrected chi connectivity index (χ1v) is 9.97. The SMILES string of the molecule is CN1CCC(CC(=O)N2CCC(CN3CCN(C)CC3)CC2)CC1. The molecule has 3 heterocycles. The lowest BCUT2D eigenvalue weighted by Gasteiger charge is -2.38. The smallest absolute Gasteiger partial charge is 0.222 e. The Morgan fingerprint density at radius 2 is 1.29 bits per heavy atom. The molecule has 0 spiro atoms. The van der Waals surface area contributed by atoms with Crippen LogP contribution in [0, 0.1) is 11.8 Å². The van der Waals surface area contributed by atoms with Crippen molar-refractivity contribution >= 4 is 5.91 Å². The third-order valence-corrected chi connectivity index (χ3v) is 6.38. The molecule has 0 aromatic heterocycles. The van der Waals surface area contributed by atoms with Crippen LogP contribution in [-0.4, -0.2) is 98.5 Å². The first-order chi connectivity index (χ1) is 11.6. The molecular formula is C19H36N4O. The summed E-state index contributed by atoms with van der Waals surface area (Å²) in [4.78, 5) is 22.2. The molecule has 5 heteroatoms. The predicted octanol–water partition coefficient (Wildman–Crippen LogP) is 1.20. The van der Waals surface area contributed by atoms with E-state index in [2.05, 4.69) is 33.7 Å². The molecule has 0 aromatic rings. The Kier molecular flexibility index (Phi) is 6.53. The lowest BCUT2D eigenvalue weighted by Crippen LogP contribution is -2.48. The molecule has 24 heavy (non-hydrogen) atoms. The van der Waals surface area contributed by atoms with Crippen molar-refractivity contribution < 1.29 is 4.79 Å². The second-order valence-electron chi connectivity index (χ2n) is 8.38. The fourth-order valence-corrected chi connectivity index (χ4v) is 4.40. The molecule has 3 saturated heterocycles. The van der Waals surface area contributed by atoms with Crippen molar-refractivity contribution in [2.45, 2.75) is 32.1 Å². The minimum Gasteiger partial charge on any atom is -0.343 e. The van der Waals surface area contributed by atoms with Crippen LogP contribution in [0.5, 0.6) is 0 Å². The summed E-state index contributed by atoms with van der Waals surface area (Å²) in [7, 11) is 4.40. The van der Waals surface area contributed by atoms with Gasteiger partial charge in [0, 0.05) is 52.2 Å². The van der Waals surface area contributed by atoms with E-state index < -0.39 is 0 Å². The molecule has 138 valence electrons. The number of carbonyl (C=O) groups excluding carboxylic acids is 1. The van der Waals surface area contributed by atoms with Crippen molar-refractivity contribution in [1.82, 2.24) is 19.6 Å². The van der Waals surface area contributed by atoms with E-state index in [4.69, 9.17) is 0 Å². The largest absolute Gasteiger partial charge is 0.343 e. The summed E-state index contributed by atoms with van der Waals surface area (Å²) in [5, 5.41) is 0. The zero-order chi connectivity index (χ0) is 16.9. The molecule has 0 radical (unpaired) electrons. The van der Waals surface area contributed by atoms with E-state index in [1.807, 2.05) is 0 Å². The van der Waals surface area contributed by atoms with E-state index in [9.17, 15) is 4.79 Å². The molecule has 3 rings (SSSR count). The van der Waals surface area contributed by atoms with Crippen LogP contribution in [0.2, 0.25) is 0 Å². The normalized spacial score (nSPS) is 26.8. The van der Waals surface area contributed by atoms with Crippen LogP contribution >= 0.6 is 0 Å². The summed E-state index contributed by atoms with van der Waals surface area (Å²) in [6.45, 7) is 10.4. The fraction of sp³-hybridized carbons (Fsp3) is 0.947. The van der Waals surface area contributed by atoms with Gasteiger partial charge in [-0.3, -0.25) is 4.79 Å². The Labute approximate surface area is 147 Å². The molecular weight excluding hydrogens is 300 g/mol. The lowest BCUT2D eigenvalue weighted by molar-refractivity contribution is -0.134. The average Bonchev–Trinajstić information content (AvgIpc) is 2.59. The molecule has 1 amide bonds. The second kappa shape index (κ2) is 8.63. The van der Waals surface area contributed by atoms with Gasteiger partial charge in [0.05, 0.1) is 0 Å². The Balaban J connectivity index is 1.34. The van der Waals surface area contributed by atoms with Gasteiger partial charge in [0.2, 0.25) is 5.91 Å². The van der Waals surface area contributed by atoms with Crippen LogP contribution in [-0.2, 0) is 4.79 Å². The number of hydrogen-bond acceptors (Lipinski definition) is 4. The summed E-state index contributed by atoms with van der Waals surface area (Å²) in [5.41, 5.74) is 0. The van der Waals surface area contributed by atoms with Gasteiger partial charge >= 0.3 is 0 Å². The van der Waals surface area contributed by atoms with Gasteiger partial charge in [-0.05, 0) is 64.7 Å². The highest BCUT2D eigenvalue weighted by molar-refractivity contribution is 5.76. The zero-order valence-corrected chi connectivity index (χ0v) is 15.8. The number of likely N-dealkylation sites (tertiary alicyclic amines) is 2. The highest BCUT2D eigenvalue weighted by atomic mass is 16.2. The first kappa shape index (κ1) is 18.2. The number of hydrogen-bond donors (Lipinski definition) is 0. The van der Waals surface area contributed by atoms with Crippen LogP contribution in [0.25, 0.3) is 0 Å². The number of rotatable bonds is 4. The van der Waals surface area contributed by atoms with Crippen molar-refractivity contribution in [3.05, 3.63) is 0 Å². The Hall–Kier alpha value is -0.650. The van der Waals surface area contributed by atoms with E-state index in [1.54, 1.807) is 0 Å². The van der Waals surface area contributed by atoms with Gasteiger partial charge < -0.3 is 19.6 Å². The number of likely N-dealkylation sites (N-methyl/N-ethyl adjacent to an activating group) is 1. The molecule has 0 unspecified atom stereocenters. The number of piperidine rings is 2. The van der Waals surface area contributed by atoms with Crippen LogP contribution < -0.4 is 0 Å². The summed E-state index contributed by atoms with van der Waals surface area (Å²) < 4.78 is 0. The highest BCUT2D eigenvalue weighted by Gasteiger charge is 2.27.